The minimum absolute atomic E-state index is 0.0353. The molecule has 3 aromatic heterocycles. The van der Waals surface area contributed by atoms with Gasteiger partial charge in [0.25, 0.3) is 12.9 Å². The van der Waals surface area contributed by atoms with Crippen LogP contribution in [-0.4, -0.2) is 30.5 Å². The number of nitrogens with zero attached hydrogens (tertiary/aromatic N) is 5. The van der Waals surface area contributed by atoms with Crippen molar-refractivity contribution in [3.63, 3.8) is 0 Å². The fraction of sp³-hybridized carbons (Fsp3) is 0.304. The predicted molar refractivity (Wildman–Crippen MR) is 126 cm³/mol. The Morgan fingerprint density at radius 2 is 1.66 bits per heavy atom. The van der Waals surface area contributed by atoms with Crippen LogP contribution in [0.15, 0.2) is 34.8 Å². The molecule has 4 aromatic rings. The number of carbonyl (C=O) groups is 1. The van der Waals surface area contributed by atoms with Crippen LogP contribution in [0.1, 0.15) is 46.8 Å². The monoisotopic (exact) mass is 552 g/mol. The third-order valence-corrected chi connectivity index (χ3v) is 6.10. The molecule has 0 saturated heterocycles. The van der Waals surface area contributed by atoms with Gasteiger partial charge in [-0.25, -0.2) is 27.2 Å². The maximum atomic E-state index is 13.5. The topological polar surface area (TPSA) is 77.6 Å². The van der Waals surface area contributed by atoms with E-state index in [1.807, 2.05) is 31.2 Å². The summed E-state index contributed by atoms with van der Waals surface area (Å²) in [4.78, 5) is 16.7. The number of nitrogens with one attached hydrogen (secondary N) is 1. The number of halogens is 5. The number of rotatable bonds is 7. The Morgan fingerprint density at radius 3 is 2.29 bits per heavy atom. The maximum Gasteiger partial charge on any atom is 0.280 e. The Kier molecular flexibility index (Phi) is 6.93. The number of pyridine rings is 1. The molecule has 12 heteroatoms. The molecule has 1 amide bonds. The second-order valence-corrected chi connectivity index (χ2v) is 8.97. The highest BCUT2D eigenvalue weighted by molar-refractivity contribution is 9.10. The Balaban J connectivity index is 1.60. The Morgan fingerprint density at radius 1 is 1.00 bits per heavy atom. The van der Waals surface area contributed by atoms with Gasteiger partial charge in [-0.05, 0) is 44.5 Å². The first-order chi connectivity index (χ1) is 16.5. The van der Waals surface area contributed by atoms with Crippen LogP contribution >= 0.6 is 15.9 Å². The molecule has 35 heavy (non-hydrogen) atoms. The van der Waals surface area contributed by atoms with Gasteiger partial charge in [0.1, 0.15) is 12.2 Å². The van der Waals surface area contributed by atoms with E-state index in [9.17, 15) is 22.4 Å². The van der Waals surface area contributed by atoms with Crippen molar-refractivity contribution in [2.45, 2.75) is 46.7 Å². The van der Waals surface area contributed by atoms with E-state index in [0.717, 1.165) is 20.4 Å². The molecule has 1 N–H and O–H groups in total. The van der Waals surface area contributed by atoms with Gasteiger partial charge in [-0.3, -0.25) is 9.48 Å². The fourth-order valence-corrected chi connectivity index (χ4v) is 4.17. The third kappa shape index (κ3) is 5.07. The number of hydrogen-bond donors (Lipinski definition) is 1. The number of fused-ring (bicyclic) bond motifs is 1. The van der Waals surface area contributed by atoms with Crippen molar-refractivity contribution in [2.75, 3.05) is 5.32 Å². The van der Waals surface area contributed by atoms with Crippen molar-refractivity contribution in [3.8, 4) is 0 Å². The van der Waals surface area contributed by atoms with Gasteiger partial charge < -0.3 is 5.32 Å². The highest BCUT2D eigenvalue weighted by atomic mass is 79.9. The van der Waals surface area contributed by atoms with Crippen LogP contribution in [0.25, 0.3) is 11.0 Å². The SMILES string of the molecule is Cc1nn(Cc2ccc(Br)cc2)c(C)c1NC(=O)Cn1nc(C)c2c(C(F)F)cc(C(F)F)nc21. The largest absolute Gasteiger partial charge is 0.321 e. The molecule has 0 fully saturated rings. The van der Waals surface area contributed by atoms with Crippen LogP contribution in [0.4, 0.5) is 23.2 Å². The number of aryl methyl sites for hydroxylation is 2. The molecular formula is C23H21BrF4N6O. The number of amides is 1. The van der Waals surface area contributed by atoms with Gasteiger partial charge in [0.05, 0.1) is 34.7 Å². The standard InChI is InChI=1S/C23H21BrF4N6O/c1-11-19-16(21(25)26)8-17(22(27)28)29-23(19)34(31-11)10-18(35)30-20-12(2)32-33(13(20)3)9-14-4-6-15(24)7-5-14/h4-8,21-22H,9-10H2,1-3H3,(H,30,35). The molecule has 0 aliphatic heterocycles. The molecule has 0 atom stereocenters. The van der Waals surface area contributed by atoms with Crippen LogP contribution in [0.5, 0.6) is 0 Å². The number of carbonyl (C=O) groups excluding carboxylic acids is 1. The lowest BCUT2D eigenvalue weighted by Gasteiger charge is -2.09. The molecule has 0 aliphatic carbocycles. The quantitative estimate of drug-likeness (QED) is 0.290. The molecule has 0 unspecified atom stereocenters. The van der Waals surface area contributed by atoms with Crippen LogP contribution in [0.3, 0.4) is 0 Å². The van der Waals surface area contributed by atoms with Crippen LogP contribution < -0.4 is 5.32 Å². The summed E-state index contributed by atoms with van der Waals surface area (Å²) in [5.74, 6) is -0.522. The lowest BCUT2D eigenvalue weighted by molar-refractivity contribution is -0.116. The van der Waals surface area contributed by atoms with E-state index >= 15 is 0 Å². The summed E-state index contributed by atoms with van der Waals surface area (Å²) in [6.45, 7) is 5.12. The molecular weight excluding hydrogens is 532 g/mol. The zero-order valence-electron chi connectivity index (χ0n) is 19.0. The van der Waals surface area contributed by atoms with Crippen molar-refractivity contribution in [1.29, 1.82) is 0 Å². The number of alkyl halides is 4. The normalized spacial score (nSPS) is 11.7. The highest BCUT2D eigenvalue weighted by Gasteiger charge is 2.24. The number of anilines is 1. The summed E-state index contributed by atoms with van der Waals surface area (Å²) in [7, 11) is 0. The molecule has 0 spiro atoms. The van der Waals surface area contributed by atoms with E-state index in [2.05, 4.69) is 36.4 Å². The molecule has 1 aromatic carbocycles. The highest BCUT2D eigenvalue weighted by Crippen LogP contribution is 2.32. The van der Waals surface area contributed by atoms with Crippen molar-refractivity contribution in [2.24, 2.45) is 0 Å². The van der Waals surface area contributed by atoms with Crippen molar-refractivity contribution >= 4 is 38.6 Å². The number of benzene rings is 1. The lowest BCUT2D eigenvalue weighted by Crippen LogP contribution is -2.20. The minimum atomic E-state index is -3.05. The van der Waals surface area contributed by atoms with Gasteiger partial charge >= 0.3 is 0 Å². The first-order valence-electron chi connectivity index (χ1n) is 10.6. The molecule has 0 radical (unpaired) electrons. The average molecular weight is 553 g/mol. The van der Waals surface area contributed by atoms with Crippen molar-refractivity contribution < 1.29 is 22.4 Å². The lowest BCUT2D eigenvalue weighted by atomic mass is 10.1. The minimum Gasteiger partial charge on any atom is -0.321 e. The maximum absolute atomic E-state index is 13.5. The van der Waals surface area contributed by atoms with Crippen LogP contribution in [-0.2, 0) is 17.9 Å². The second-order valence-electron chi connectivity index (χ2n) is 8.06. The van der Waals surface area contributed by atoms with E-state index in [-0.39, 0.29) is 16.7 Å². The van der Waals surface area contributed by atoms with Gasteiger partial charge in [-0.15, -0.1) is 0 Å². The van der Waals surface area contributed by atoms with Crippen molar-refractivity contribution in [1.82, 2.24) is 24.5 Å². The molecule has 7 nitrogen and oxygen atoms in total. The summed E-state index contributed by atoms with van der Waals surface area (Å²) >= 11 is 3.40. The summed E-state index contributed by atoms with van der Waals surface area (Å²) in [6, 6.07) is 8.44. The molecule has 0 aliphatic rings. The van der Waals surface area contributed by atoms with Gasteiger partial charge in [-0.1, -0.05) is 28.1 Å². The van der Waals surface area contributed by atoms with E-state index in [0.29, 0.717) is 24.0 Å². The van der Waals surface area contributed by atoms with E-state index in [1.54, 1.807) is 11.6 Å². The third-order valence-electron chi connectivity index (χ3n) is 5.57. The molecule has 3 heterocycles. The fourth-order valence-electron chi connectivity index (χ4n) is 3.91. The Labute approximate surface area is 206 Å². The summed E-state index contributed by atoms with van der Waals surface area (Å²) < 4.78 is 57.4. The van der Waals surface area contributed by atoms with E-state index in [4.69, 9.17) is 0 Å². The first kappa shape index (κ1) is 24.8. The zero-order chi connectivity index (χ0) is 25.4. The smallest absolute Gasteiger partial charge is 0.280 e. The summed E-state index contributed by atoms with van der Waals surface area (Å²) in [5, 5.41) is 11.4. The zero-order valence-corrected chi connectivity index (χ0v) is 20.6. The molecule has 184 valence electrons. The van der Waals surface area contributed by atoms with Gasteiger partial charge in [0.15, 0.2) is 5.65 Å². The van der Waals surface area contributed by atoms with Gasteiger partial charge in [0.2, 0.25) is 5.91 Å². The van der Waals surface area contributed by atoms with Crippen LogP contribution in [0.2, 0.25) is 0 Å². The Hall–Kier alpha value is -3.28. The average Bonchev–Trinajstić information content (AvgIpc) is 3.25. The second kappa shape index (κ2) is 9.76. The molecule has 0 bridgehead atoms. The van der Waals surface area contributed by atoms with E-state index < -0.39 is 36.6 Å². The Bertz CT molecular complexity index is 1400. The first-order valence-corrected chi connectivity index (χ1v) is 11.4. The van der Waals surface area contributed by atoms with Crippen molar-refractivity contribution in [3.05, 3.63) is 68.7 Å². The van der Waals surface area contributed by atoms with Crippen LogP contribution in [0, 0.1) is 20.8 Å². The number of hydrogen-bond acceptors (Lipinski definition) is 4. The summed E-state index contributed by atoms with van der Waals surface area (Å²) in [5.41, 5.74) is 1.44. The van der Waals surface area contributed by atoms with E-state index in [1.165, 1.54) is 6.92 Å². The van der Waals surface area contributed by atoms with Gasteiger partial charge in [-0.2, -0.15) is 10.2 Å². The number of aromatic nitrogens is 5. The predicted octanol–water partition coefficient (Wildman–Crippen LogP) is 5.88. The van der Waals surface area contributed by atoms with Gasteiger partial charge in [0, 0.05) is 10.0 Å². The molecule has 4 rings (SSSR count). The summed E-state index contributed by atoms with van der Waals surface area (Å²) in [6.07, 6.45) is -6.04. The molecule has 0 saturated carbocycles.